The topological polar surface area (TPSA) is 29.5 Å². The summed E-state index contributed by atoms with van der Waals surface area (Å²) in [6, 6.07) is 5.94. The average Bonchev–Trinajstić information content (AvgIpc) is 3.07. The Labute approximate surface area is 114 Å². The van der Waals surface area contributed by atoms with Crippen molar-refractivity contribution in [2.24, 2.45) is 0 Å². The molecule has 0 bridgehead atoms. The van der Waals surface area contributed by atoms with Gasteiger partial charge >= 0.3 is 0 Å². The third-order valence-electron chi connectivity index (χ3n) is 4.41. The zero-order valence-corrected chi connectivity index (χ0v) is 11.7. The van der Waals surface area contributed by atoms with Crippen molar-refractivity contribution in [1.29, 1.82) is 0 Å². The Morgan fingerprint density at radius 3 is 2.74 bits per heavy atom. The van der Waals surface area contributed by atoms with E-state index in [-0.39, 0.29) is 5.78 Å². The monoisotopic (exact) mass is 259 g/mol. The van der Waals surface area contributed by atoms with Crippen LogP contribution < -0.4 is 4.74 Å². The molecule has 1 fully saturated rings. The summed E-state index contributed by atoms with van der Waals surface area (Å²) in [5.74, 6) is 1.01. The first-order valence-corrected chi connectivity index (χ1v) is 7.15. The lowest BCUT2D eigenvalue weighted by atomic mass is 9.90. The molecule has 2 heterocycles. The van der Waals surface area contributed by atoms with Crippen molar-refractivity contribution in [2.75, 3.05) is 19.7 Å². The molecule has 0 spiro atoms. The minimum atomic E-state index is -0.433. The van der Waals surface area contributed by atoms with Crippen LogP contribution in [0.25, 0.3) is 0 Å². The van der Waals surface area contributed by atoms with Crippen LogP contribution >= 0.6 is 0 Å². The number of ether oxygens (including phenoxy) is 1. The van der Waals surface area contributed by atoms with E-state index in [9.17, 15) is 4.79 Å². The van der Waals surface area contributed by atoms with Gasteiger partial charge in [0.25, 0.3) is 0 Å². The van der Waals surface area contributed by atoms with Crippen molar-refractivity contribution in [1.82, 2.24) is 4.90 Å². The van der Waals surface area contributed by atoms with Crippen molar-refractivity contribution < 1.29 is 9.53 Å². The van der Waals surface area contributed by atoms with Gasteiger partial charge in [-0.25, -0.2) is 0 Å². The zero-order chi connectivity index (χ0) is 13.5. The van der Waals surface area contributed by atoms with Gasteiger partial charge in [-0.1, -0.05) is 12.1 Å². The number of carbonyl (C=O) groups is 1. The molecule has 0 amide bonds. The Hall–Kier alpha value is -1.35. The summed E-state index contributed by atoms with van der Waals surface area (Å²) in [5, 5.41) is 0. The van der Waals surface area contributed by atoms with Gasteiger partial charge in [-0.15, -0.1) is 0 Å². The fourth-order valence-electron chi connectivity index (χ4n) is 3.14. The predicted molar refractivity (Wildman–Crippen MR) is 74.9 cm³/mol. The van der Waals surface area contributed by atoms with Crippen LogP contribution in [0.15, 0.2) is 18.2 Å². The van der Waals surface area contributed by atoms with Crippen molar-refractivity contribution in [3.05, 3.63) is 29.3 Å². The number of para-hydroxylation sites is 1. The van der Waals surface area contributed by atoms with Crippen LogP contribution in [0, 0.1) is 0 Å². The number of Topliss-reactive ketones (excluding diaryl/α,β-unsaturated/α-hetero) is 1. The smallest absolute Gasteiger partial charge is 0.186 e. The molecule has 1 aromatic rings. The molecule has 0 radical (unpaired) electrons. The van der Waals surface area contributed by atoms with E-state index in [4.69, 9.17) is 4.74 Å². The van der Waals surface area contributed by atoms with E-state index in [2.05, 4.69) is 11.0 Å². The first kappa shape index (κ1) is 12.7. The minimum Gasteiger partial charge on any atom is -0.492 e. The molecule has 2 aliphatic heterocycles. The molecule has 1 aromatic carbocycles. The molecule has 0 N–H and O–H groups in total. The largest absolute Gasteiger partial charge is 0.492 e. The molecule has 3 nitrogen and oxygen atoms in total. The van der Waals surface area contributed by atoms with Gasteiger partial charge in [0.2, 0.25) is 0 Å². The number of ketones is 1. The molecule has 0 unspecified atom stereocenters. The third kappa shape index (κ3) is 2.06. The van der Waals surface area contributed by atoms with Gasteiger partial charge in [-0.3, -0.25) is 9.69 Å². The second kappa shape index (κ2) is 4.64. The third-order valence-corrected chi connectivity index (χ3v) is 4.41. The number of rotatable bonds is 3. The van der Waals surface area contributed by atoms with E-state index >= 15 is 0 Å². The molecule has 2 aliphatic rings. The van der Waals surface area contributed by atoms with Crippen LogP contribution in [-0.4, -0.2) is 35.9 Å². The van der Waals surface area contributed by atoms with E-state index in [1.54, 1.807) is 0 Å². The highest BCUT2D eigenvalue weighted by atomic mass is 16.5. The maximum absolute atomic E-state index is 12.9. The second-order valence-electron chi connectivity index (χ2n) is 5.97. The van der Waals surface area contributed by atoms with Crippen LogP contribution in [0.5, 0.6) is 5.75 Å². The summed E-state index contributed by atoms with van der Waals surface area (Å²) >= 11 is 0. The summed E-state index contributed by atoms with van der Waals surface area (Å²) in [5.41, 5.74) is 1.49. The number of nitrogens with zero attached hydrogens (tertiary/aromatic N) is 1. The SMILES string of the molecule is CC(C)(C(=O)c1cccc2c1OCC2)N1CCCC1. The lowest BCUT2D eigenvalue weighted by molar-refractivity contribution is 0.0699. The van der Waals surface area contributed by atoms with E-state index in [0.717, 1.165) is 30.8 Å². The molecule has 0 atom stereocenters. The van der Waals surface area contributed by atoms with Gasteiger partial charge in [0.05, 0.1) is 17.7 Å². The maximum Gasteiger partial charge on any atom is 0.186 e. The molecule has 0 aliphatic carbocycles. The highest BCUT2D eigenvalue weighted by molar-refractivity contribution is 6.05. The van der Waals surface area contributed by atoms with Gasteiger partial charge < -0.3 is 4.74 Å². The number of benzene rings is 1. The molecule has 1 saturated heterocycles. The summed E-state index contributed by atoms with van der Waals surface area (Å²) < 4.78 is 5.67. The maximum atomic E-state index is 12.9. The summed E-state index contributed by atoms with van der Waals surface area (Å²) in [4.78, 5) is 15.2. The van der Waals surface area contributed by atoms with E-state index in [1.165, 1.54) is 18.4 Å². The van der Waals surface area contributed by atoms with Crippen molar-refractivity contribution in [3.63, 3.8) is 0 Å². The average molecular weight is 259 g/mol. The Bertz CT molecular complexity index is 501. The van der Waals surface area contributed by atoms with E-state index < -0.39 is 5.54 Å². The van der Waals surface area contributed by atoms with Gasteiger partial charge in [0.15, 0.2) is 5.78 Å². The molecule has 19 heavy (non-hydrogen) atoms. The summed E-state index contributed by atoms with van der Waals surface area (Å²) in [6.45, 7) is 6.82. The van der Waals surface area contributed by atoms with Crippen LogP contribution in [0.2, 0.25) is 0 Å². The summed E-state index contributed by atoms with van der Waals surface area (Å²) in [7, 11) is 0. The number of hydrogen-bond acceptors (Lipinski definition) is 3. The highest BCUT2D eigenvalue weighted by Crippen LogP contribution is 2.34. The van der Waals surface area contributed by atoms with E-state index in [0.29, 0.717) is 6.61 Å². The van der Waals surface area contributed by atoms with Gasteiger partial charge in [0, 0.05) is 6.42 Å². The lowest BCUT2D eigenvalue weighted by Crippen LogP contribution is -2.48. The van der Waals surface area contributed by atoms with E-state index in [1.807, 2.05) is 26.0 Å². The van der Waals surface area contributed by atoms with Crippen molar-refractivity contribution in [3.8, 4) is 5.75 Å². The van der Waals surface area contributed by atoms with Crippen LogP contribution in [0.1, 0.15) is 42.6 Å². The van der Waals surface area contributed by atoms with Gasteiger partial charge in [0.1, 0.15) is 5.75 Å². The lowest BCUT2D eigenvalue weighted by Gasteiger charge is -2.34. The van der Waals surface area contributed by atoms with Crippen molar-refractivity contribution in [2.45, 2.75) is 38.6 Å². The first-order valence-electron chi connectivity index (χ1n) is 7.15. The molecule has 0 aromatic heterocycles. The standard InChI is InChI=1S/C16H21NO2/c1-16(2,17-9-3-4-10-17)15(18)13-7-5-6-12-8-11-19-14(12)13/h5-7H,3-4,8-11H2,1-2H3. The Morgan fingerprint density at radius 2 is 2.00 bits per heavy atom. The predicted octanol–water partition coefficient (Wildman–Crippen LogP) is 2.68. The molecular formula is C16H21NO2. The Kier molecular flexibility index (Phi) is 3.09. The number of carbonyl (C=O) groups excluding carboxylic acids is 1. The molecule has 3 heteroatoms. The first-order chi connectivity index (χ1) is 9.10. The fourth-order valence-corrected chi connectivity index (χ4v) is 3.14. The molecule has 102 valence electrons. The minimum absolute atomic E-state index is 0.188. The quantitative estimate of drug-likeness (QED) is 0.782. The van der Waals surface area contributed by atoms with Crippen LogP contribution in [0.3, 0.4) is 0 Å². The van der Waals surface area contributed by atoms with Gasteiger partial charge in [-0.2, -0.15) is 0 Å². The van der Waals surface area contributed by atoms with Crippen LogP contribution in [0.4, 0.5) is 0 Å². The highest BCUT2D eigenvalue weighted by Gasteiger charge is 2.38. The van der Waals surface area contributed by atoms with Gasteiger partial charge in [-0.05, 0) is 51.4 Å². The summed E-state index contributed by atoms with van der Waals surface area (Å²) in [6.07, 6.45) is 3.31. The Balaban J connectivity index is 1.93. The zero-order valence-electron chi connectivity index (χ0n) is 11.7. The number of fused-ring (bicyclic) bond motifs is 1. The second-order valence-corrected chi connectivity index (χ2v) is 5.97. The number of likely N-dealkylation sites (tertiary alicyclic amines) is 1. The van der Waals surface area contributed by atoms with Crippen molar-refractivity contribution >= 4 is 5.78 Å². The molecule has 0 saturated carbocycles. The van der Waals surface area contributed by atoms with Crippen LogP contribution in [-0.2, 0) is 6.42 Å². The number of hydrogen-bond donors (Lipinski definition) is 0. The molecule has 3 rings (SSSR count). The normalized spacial score (nSPS) is 19.3. The Morgan fingerprint density at radius 1 is 1.26 bits per heavy atom. The fraction of sp³-hybridized carbons (Fsp3) is 0.562. The molecular weight excluding hydrogens is 238 g/mol.